The minimum absolute atomic E-state index is 0.304. The van der Waals surface area contributed by atoms with Crippen LogP contribution >= 0.6 is 20.7 Å². The number of ether oxygens (including phenoxy) is 1. The van der Waals surface area contributed by atoms with Gasteiger partial charge in [0.1, 0.15) is 0 Å². The number of aromatic amines is 1. The van der Waals surface area contributed by atoms with Crippen LogP contribution in [0, 0.1) is 6.92 Å². The Morgan fingerprint density at radius 2 is 2.20 bits per heavy atom. The predicted molar refractivity (Wildman–Crippen MR) is 129 cm³/mol. The van der Waals surface area contributed by atoms with E-state index in [4.69, 9.17) is 4.74 Å². The summed E-state index contributed by atoms with van der Waals surface area (Å²) < 4.78 is 8.24. The van der Waals surface area contributed by atoms with Crippen molar-refractivity contribution in [2.24, 2.45) is 4.99 Å². The second kappa shape index (κ2) is 8.84. The van der Waals surface area contributed by atoms with Gasteiger partial charge in [-0.2, -0.15) is 0 Å². The van der Waals surface area contributed by atoms with Crippen LogP contribution in [0.15, 0.2) is 39.5 Å². The number of pyridine rings is 1. The van der Waals surface area contributed by atoms with Crippen LogP contribution in [0.3, 0.4) is 0 Å². The van der Waals surface area contributed by atoms with Crippen LogP contribution in [0.4, 0.5) is 10.7 Å². The first kappa shape index (κ1) is 20.4. The van der Waals surface area contributed by atoms with Gasteiger partial charge in [-0.1, -0.05) is 6.07 Å². The van der Waals surface area contributed by atoms with Crippen molar-refractivity contribution < 1.29 is 9.53 Å². The molecule has 3 N–H and O–H groups in total. The number of H-pyrrole nitrogens is 1. The van der Waals surface area contributed by atoms with E-state index < -0.39 is 20.7 Å². The molecule has 0 aliphatic carbocycles. The van der Waals surface area contributed by atoms with Gasteiger partial charge in [-0.15, -0.1) is 0 Å². The minimum atomic E-state index is -0.416. The van der Waals surface area contributed by atoms with E-state index in [0.717, 1.165) is 42.8 Å². The van der Waals surface area contributed by atoms with Gasteiger partial charge in [0.05, 0.1) is 16.7 Å². The zero-order chi connectivity index (χ0) is 21.1. The molecule has 1 aliphatic rings. The van der Waals surface area contributed by atoms with Crippen molar-refractivity contribution in [1.29, 1.82) is 0 Å². The number of hydrogen-bond acceptors (Lipinski definition) is 5. The highest BCUT2D eigenvalue weighted by Gasteiger charge is 2.16. The Hall–Kier alpha value is -2.92. The molecular weight excluding hydrogens is 495 g/mol. The molecule has 3 heterocycles. The second-order valence-electron chi connectivity index (χ2n) is 6.55. The molecule has 8 nitrogen and oxygen atoms in total. The number of carbonyl (C=O) groups is 1. The summed E-state index contributed by atoms with van der Waals surface area (Å²) in [4.78, 5) is 28.8. The molecule has 9 heteroatoms. The Labute approximate surface area is 183 Å². The Morgan fingerprint density at radius 3 is 2.90 bits per heavy atom. The monoisotopic (exact) mass is 516 g/mol. The molecule has 0 spiro atoms. The van der Waals surface area contributed by atoms with E-state index in [2.05, 4.69) is 40.7 Å². The summed E-state index contributed by atoms with van der Waals surface area (Å²) in [5, 5.41) is 5.45. The van der Waals surface area contributed by atoms with Crippen LogP contribution in [-0.4, -0.2) is 44.7 Å². The molecule has 4 rings (SSSR count). The van der Waals surface area contributed by atoms with Gasteiger partial charge in [0.2, 0.25) is 5.95 Å². The van der Waals surface area contributed by atoms with Crippen LogP contribution < -0.4 is 10.6 Å². The molecule has 0 fully saturated rings. The van der Waals surface area contributed by atoms with E-state index in [1.54, 1.807) is 13.3 Å². The largest absolute Gasteiger partial charge is 0.338 e. The van der Waals surface area contributed by atoms with Crippen LogP contribution in [-0.2, 0) is 4.74 Å². The molecule has 2 aromatic heterocycles. The molecule has 1 aromatic carbocycles. The van der Waals surface area contributed by atoms with E-state index in [1.165, 1.54) is 0 Å². The van der Waals surface area contributed by atoms with Gasteiger partial charge in [0, 0.05) is 37.2 Å². The van der Waals surface area contributed by atoms with E-state index in [9.17, 15) is 4.79 Å². The summed E-state index contributed by atoms with van der Waals surface area (Å²) >= 11 is -0.416. The number of anilines is 1. The summed E-state index contributed by atoms with van der Waals surface area (Å²) in [5.74, 6) is 0.386. The number of imidazole rings is 1. The van der Waals surface area contributed by atoms with Gasteiger partial charge < -0.3 is 15.0 Å². The molecule has 2 amide bonds. The van der Waals surface area contributed by atoms with Crippen LogP contribution in [0.5, 0.6) is 0 Å². The smallest absolute Gasteiger partial charge is 0.321 e. The van der Waals surface area contributed by atoms with Crippen LogP contribution in [0.1, 0.15) is 18.1 Å². The maximum absolute atomic E-state index is 11.9. The van der Waals surface area contributed by atoms with Crippen molar-refractivity contribution in [1.82, 2.24) is 20.3 Å². The number of benzene rings is 1. The Kier molecular flexibility index (Phi) is 6.00. The van der Waals surface area contributed by atoms with Gasteiger partial charge in [-0.05, 0) is 68.0 Å². The average molecular weight is 516 g/mol. The van der Waals surface area contributed by atoms with Crippen LogP contribution in [0.2, 0.25) is 0 Å². The van der Waals surface area contributed by atoms with Crippen molar-refractivity contribution in [2.75, 3.05) is 19.0 Å². The molecule has 0 radical (unpaired) electrons. The van der Waals surface area contributed by atoms with Gasteiger partial charge in [0.15, 0.2) is 3.82 Å². The number of aryl methyl sites for hydroxylation is 1. The number of aromatic nitrogens is 3. The normalized spacial score (nSPS) is 13.4. The number of nitrogens with one attached hydrogen (secondary N) is 3. The number of rotatable bonds is 5. The molecule has 0 bridgehead atoms. The highest BCUT2D eigenvalue weighted by Crippen LogP contribution is 2.33. The van der Waals surface area contributed by atoms with E-state index in [-0.39, 0.29) is 6.03 Å². The average Bonchev–Trinajstić information content (AvgIpc) is 3.16. The van der Waals surface area contributed by atoms with Crippen molar-refractivity contribution >= 4 is 59.4 Å². The first-order valence-electron chi connectivity index (χ1n) is 9.38. The first-order chi connectivity index (χ1) is 14.6. The lowest BCUT2D eigenvalue weighted by molar-refractivity contribution is 0.252. The number of methoxy groups -OCH3 is 1. The third kappa shape index (κ3) is 4.17. The zero-order valence-electron chi connectivity index (χ0n) is 16.8. The number of carbonyl (C=O) groups excluding carboxylic acids is 1. The Balaban J connectivity index is 1.86. The number of nitrogens with zero attached hydrogens (tertiary/aromatic N) is 3. The standard InChI is InChI=1S/C21H21IN6O2/c1-4-23-21(29)28-20-26-16-9-13(14-10-22-19(30-3)25-11-14)8-15(18(16)27-20)17-12(2)6-5-7-24-17/h5-11H,4H2,1-3H3,(H3,23,26,27,28,29). The molecule has 0 unspecified atom stereocenters. The quantitative estimate of drug-likeness (QED) is 0.442. The number of amides is 2. The molecule has 154 valence electrons. The predicted octanol–water partition coefficient (Wildman–Crippen LogP) is 4.20. The lowest BCUT2D eigenvalue weighted by Gasteiger charge is -2.10. The summed E-state index contributed by atoms with van der Waals surface area (Å²) in [7, 11) is 1.65. The minimum Gasteiger partial charge on any atom is -0.338 e. The third-order valence-corrected chi connectivity index (χ3v) is 6.73. The topological polar surface area (TPSA) is 104 Å². The third-order valence-electron chi connectivity index (χ3n) is 4.49. The van der Waals surface area contributed by atoms with E-state index in [1.807, 2.05) is 38.3 Å². The molecule has 3 aromatic rings. The van der Waals surface area contributed by atoms with Gasteiger partial charge >= 0.3 is 6.03 Å². The number of aliphatic imine (C=N–C) groups is 1. The highest BCUT2D eigenvalue weighted by molar-refractivity contribution is 14.2. The lowest BCUT2D eigenvalue weighted by atomic mass is 9.99. The van der Waals surface area contributed by atoms with E-state index in [0.29, 0.717) is 12.5 Å². The first-order valence-corrected chi connectivity index (χ1v) is 11.7. The summed E-state index contributed by atoms with van der Waals surface area (Å²) in [5.41, 5.74) is 6.41. The summed E-state index contributed by atoms with van der Waals surface area (Å²) in [6.07, 6.45) is 3.59. The van der Waals surface area contributed by atoms with Crippen molar-refractivity contribution in [2.45, 2.75) is 13.8 Å². The lowest BCUT2D eigenvalue weighted by Crippen LogP contribution is -2.28. The summed E-state index contributed by atoms with van der Waals surface area (Å²) in [6.45, 7) is 4.42. The maximum Gasteiger partial charge on any atom is 0.321 e. The molecule has 30 heavy (non-hydrogen) atoms. The fourth-order valence-corrected chi connectivity index (χ4v) is 4.80. The van der Waals surface area contributed by atoms with Crippen molar-refractivity contribution in [3.63, 3.8) is 0 Å². The number of urea groups is 1. The second-order valence-corrected chi connectivity index (χ2v) is 8.72. The SMILES string of the molecule is CCNC(=O)Nc1nc2c(-c3ncccc3C)cc(C3=CI=C(OC)N=C3)cc2[nH]1. The number of hydrogen-bond donors (Lipinski definition) is 3. The Bertz CT molecular complexity index is 1210. The van der Waals surface area contributed by atoms with Crippen molar-refractivity contribution in [3.05, 3.63) is 45.7 Å². The molecular formula is C21H21IN6O2. The number of fused-ring (bicyclic) bond motifs is 1. The van der Waals surface area contributed by atoms with E-state index >= 15 is 0 Å². The Morgan fingerprint density at radius 1 is 1.33 bits per heavy atom. The van der Waals surface area contributed by atoms with Crippen molar-refractivity contribution in [3.8, 4) is 11.3 Å². The van der Waals surface area contributed by atoms with Gasteiger partial charge in [-0.3, -0.25) is 10.3 Å². The summed E-state index contributed by atoms with van der Waals surface area (Å²) in [6, 6.07) is 7.73. The molecule has 0 saturated heterocycles. The van der Waals surface area contributed by atoms with Crippen LogP contribution in [0.25, 0.3) is 27.9 Å². The highest BCUT2D eigenvalue weighted by atomic mass is 127. The molecule has 0 atom stereocenters. The number of allylic oxidation sites excluding steroid dienone is 1. The van der Waals surface area contributed by atoms with Gasteiger partial charge in [0.25, 0.3) is 0 Å². The fourth-order valence-electron chi connectivity index (χ4n) is 3.12. The fraction of sp³-hybridized carbons (Fsp3) is 0.190. The zero-order valence-corrected chi connectivity index (χ0v) is 18.9. The number of halogens is 1. The molecule has 1 aliphatic heterocycles. The maximum atomic E-state index is 11.9. The van der Waals surface area contributed by atoms with Gasteiger partial charge in [-0.25, -0.2) is 14.8 Å². The molecule has 0 saturated carbocycles.